The first-order valence-electron chi connectivity index (χ1n) is 6.93. The minimum absolute atomic E-state index is 0.143. The van der Waals surface area contributed by atoms with Gasteiger partial charge in [0.05, 0.1) is 6.04 Å². The molecule has 0 saturated heterocycles. The predicted octanol–water partition coefficient (Wildman–Crippen LogP) is 4.03. The summed E-state index contributed by atoms with van der Waals surface area (Å²) >= 11 is 0. The number of hydrogen-bond donors (Lipinski definition) is 0. The zero-order valence-electron chi connectivity index (χ0n) is 12.0. The van der Waals surface area contributed by atoms with Gasteiger partial charge in [0.25, 0.3) is 0 Å². The number of amides is 1. The van der Waals surface area contributed by atoms with E-state index in [1.54, 1.807) is 0 Å². The lowest BCUT2D eigenvalue weighted by atomic mass is 9.97. The molecule has 0 fully saturated rings. The van der Waals surface area contributed by atoms with Crippen LogP contribution in [0.15, 0.2) is 30.3 Å². The molecule has 0 N–H and O–H groups in total. The standard InChI is InChI=1S/C16H25NO/c1-5-10-14(6-2)16(18)17(4)13(3)15-11-8-7-9-12-15/h7-9,11-14H,5-6,10H2,1-4H3. The summed E-state index contributed by atoms with van der Waals surface area (Å²) in [4.78, 5) is 14.3. The van der Waals surface area contributed by atoms with Crippen molar-refractivity contribution in [2.75, 3.05) is 7.05 Å². The maximum atomic E-state index is 12.4. The Labute approximate surface area is 111 Å². The van der Waals surface area contributed by atoms with E-state index in [4.69, 9.17) is 0 Å². The van der Waals surface area contributed by atoms with Gasteiger partial charge in [-0.1, -0.05) is 50.6 Å². The second-order valence-corrected chi connectivity index (χ2v) is 4.93. The normalized spacial score (nSPS) is 14.0. The van der Waals surface area contributed by atoms with Crippen LogP contribution in [0.5, 0.6) is 0 Å². The SMILES string of the molecule is CCCC(CC)C(=O)N(C)C(C)c1ccccc1. The number of rotatable bonds is 6. The molecule has 1 aromatic carbocycles. The second kappa shape index (κ2) is 7.20. The highest BCUT2D eigenvalue weighted by Gasteiger charge is 2.23. The Balaban J connectivity index is 2.74. The summed E-state index contributed by atoms with van der Waals surface area (Å²) in [5.41, 5.74) is 1.19. The van der Waals surface area contributed by atoms with Crippen LogP contribution in [0.2, 0.25) is 0 Å². The van der Waals surface area contributed by atoms with Crippen LogP contribution < -0.4 is 0 Å². The van der Waals surface area contributed by atoms with E-state index in [0.29, 0.717) is 0 Å². The molecule has 0 aromatic heterocycles. The van der Waals surface area contributed by atoms with Gasteiger partial charge in [0, 0.05) is 13.0 Å². The molecule has 2 nitrogen and oxygen atoms in total. The highest BCUT2D eigenvalue weighted by atomic mass is 16.2. The van der Waals surface area contributed by atoms with E-state index >= 15 is 0 Å². The molecule has 2 heteroatoms. The Kier molecular flexibility index (Phi) is 5.90. The minimum Gasteiger partial charge on any atom is -0.339 e. The molecule has 18 heavy (non-hydrogen) atoms. The fraction of sp³-hybridized carbons (Fsp3) is 0.562. The third-order valence-electron chi connectivity index (χ3n) is 3.69. The van der Waals surface area contributed by atoms with Gasteiger partial charge in [-0.15, -0.1) is 0 Å². The monoisotopic (exact) mass is 247 g/mol. The van der Waals surface area contributed by atoms with Gasteiger partial charge in [-0.2, -0.15) is 0 Å². The average Bonchev–Trinajstić information content (AvgIpc) is 2.43. The van der Waals surface area contributed by atoms with E-state index in [2.05, 4.69) is 32.9 Å². The molecule has 100 valence electrons. The van der Waals surface area contributed by atoms with Gasteiger partial charge >= 0.3 is 0 Å². The fourth-order valence-electron chi connectivity index (χ4n) is 2.28. The molecule has 0 spiro atoms. The van der Waals surface area contributed by atoms with Crippen LogP contribution in [0.3, 0.4) is 0 Å². The molecule has 1 rings (SSSR count). The minimum atomic E-state index is 0.143. The first-order chi connectivity index (χ1) is 8.61. The van der Waals surface area contributed by atoms with Crippen LogP contribution >= 0.6 is 0 Å². The molecule has 0 aliphatic heterocycles. The number of carbonyl (C=O) groups excluding carboxylic acids is 1. The van der Waals surface area contributed by atoms with Gasteiger partial charge < -0.3 is 4.90 Å². The van der Waals surface area contributed by atoms with Gasteiger partial charge in [-0.3, -0.25) is 4.79 Å². The topological polar surface area (TPSA) is 20.3 Å². The van der Waals surface area contributed by atoms with E-state index in [-0.39, 0.29) is 17.9 Å². The maximum Gasteiger partial charge on any atom is 0.225 e. The first-order valence-corrected chi connectivity index (χ1v) is 6.93. The summed E-state index contributed by atoms with van der Waals surface area (Å²) in [5, 5.41) is 0. The first kappa shape index (κ1) is 14.7. The van der Waals surface area contributed by atoms with Crippen molar-refractivity contribution in [1.82, 2.24) is 4.90 Å². The molecule has 2 unspecified atom stereocenters. The molecule has 1 amide bonds. The zero-order valence-corrected chi connectivity index (χ0v) is 12.0. The third kappa shape index (κ3) is 3.59. The zero-order chi connectivity index (χ0) is 13.5. The molecule has 0 radical (unpaired) electrons. The van der Waals surface area contributed by atoms with E-state index in [9.17, 15) is 4.79 Å². The summed E-state index contributed by atoms with van der Waals surface area (Å²) < 4.78 is 0. The highest BCUT2D eigenvalue weighted by molar-refractivity contribution is 5.79. The van der Waals surface area contributed by atoms with Gasteiger partial charge in [-0.25, -0.2) is 0 Å². The van der Waals surface area contributed by atoms with Gasteiger partial charge in [0.15, 0.2) is 0 Å². The van der Waals surface area contributed by atoms with Crippen molar-refractivity contribution in [3.05, 3.63) is 35.9 Å². The average molecular weight is 247 g/mol. The van der Waals surface area contributed by atoms with Crippen LogP contribution in [-0.2, 0) is 4.79 Å². The smallest absolute Gasteiger partial charge is 0.225 e. The molecule has 0 saturated carbocycles. The Morgan fingerprint density at radius 3 is 2.33 bits per heavy atom. The van der Waals surface area contributed by atoms with Crippen LogP contribution in [0.25, 0.3) is 0 Å². The van der Waals surface area contributed by atoms with Crippen LogP contribution in [-0.4, -0.2) is 17.9 Å². The van der Waals surface area contributed by atoms with Crippen molar-refractivity contribution in [1.29, 1.82) is 0 Å². The summed E-state index contributed by atoms with van der Waals surface area (Å²) in [6, 6.07) is 10.3. The summed E-state index contributed by atoms with van der Waals surface area (Å²) in [5.74, 6) is 0.446. The molecule has 0 aliphatic carbocycles. The molecule has 1 aromatic rings. The Bertz CT molecular complexity index is 361. The van der Waals surface area contributed by atoms with Gasteiger partial charge in [-0.05, 0) is 25.3 Å². The van der Waals surface area contributed by atoms with Crippen molar-refractivity contribution in [2.45, 2.75) is 46.1 Å². The molecule has 0 bridgehead atoms. The lowest BCUT2D eigenvalue weighted by Crippen LogP contribution is -2.34. The van der Waals surface area contributed by atoms with E-state index in [1.165, 1.54) is 5.56 Å². The molecule has 0 heterocycles. The Hall–Kier alpha value is -1.31. The van der Waals surface area contributed by atoms with Gasteiger partial charge in [0.1, 0.15) is 0 Å². The number of carbonyl (C=O) groups is 1. The molecule has 0 aliphatic rings. The number of hydrogen-bond acceptors (Lipinski definition) is 1. The van der Waals surface area contributed by atoms with E-state index in [1.807, 2.05) is 30.1 Å². The lowest BCUT2D eigenvalue weighted by molar-refractivity contribution is -0.136. The van der Waals surface area contributed by atoms with Crippen LogP contribution in [0.4, 0.5) is 0 Å². The van der Waals surface area contributed by atoms with Crippen molar-refractivity contribution >= 4 is 5.91 Å². The van der Waals surface area contributed by atoms with E-state index in [0.717, 1.165) is 19.3 Å². The predicted molar refractivity (Wildman–Crippen MR) is 76.3 cm³/mol. The Morgan fingerprint density at radius 1 is 1.22 bits per heavy atom. The van der Waals surface area contributed by atoms with Crippen molar-refractivity contribution in [2.24, 2.45) is 5.92 Å². The third-order valence-corrected chi connectivity index (χ3v) is 3.69. The quantitative estimate of drug-likeness (QED) is 0.743. The second-order valence-electron chi connectivity index (χ2n) is 4.93. The van der Waals surface area contributed by atoms with Gasteiger partial charge in [0.2, 0.25) is 5.91 Å². The molecular formula is C16H25NO. The molecule has 2 atom stereocenters. The fourth-order valence-corrected chi connectivity index (χ4v) is 2.28. The summed E-state index contributed by atoms with van der Waals surface area (Å²) in [6.07, 6.45) is 2.98. The maximum absolute atomic E-state index is 12.4. The highest BCUT2D eigenvalue weighted by Crippen LogP contribution is 2.22. The Morgan fingerprint density at radius 2 is 1.83 bits per heavy atom. The van der Waals surface area contributed by atoms with Crippen molar-refractivity contribution in [3.8, 4) is 0 Å². The van der Waals surface area contributed by atoms with Crippen molar-refractivity contribution in [3.63, 3.8) is 0 Å². The number of benzene rings is 1. The summed E-state index contributed by atoms with van der Waals surface area (Å²) in [6.45, 7) is 6.32. The van der Waals surface area contributed by atoms with Crippen LogP contribution in [0, 0.1) is 5.92 Å². The van der Waals surface area contributed by atoms with Crippen molar-refractivity contribution < 1.29 is 4.79 Å². The largest absolute Gasteiger partial charge is 0.339 e. The van der Waals surface area contributed by atoms with Crippen LogP contribution in [0.1, 0.15) is 51.6 Å². The number of nitrogens with zero attached hydrogens (tertiary/aromatic N) is 1. The lowest BCUT2D eigenvalue weighted by Gasteiger charge is -2.29. The summed E-state index contributed by atoms with van der Waals surface area (Å²) in [7, 11) is 1.92. The molecular weight excluding hydrogens is 222 g/mol. The van der Waals surface area contributed by atoms with E-state index < -0.39 is 0 Å².